The molecule has 4 nitrogen and oxygen atoms in total. The van der Waals surface area contributed by atoms with Gasteiger partial charge in [0.2, 0.25) is 0 Å². The molecule has 1 fully saturated rings. The Bertz CT molecular complexity index is 487. The lowest BCUT2D eigenvalue weighted by molar-refractivity contribution is 0.0510. The highest BCUT2D eigenvalue weighted by Crippen LogP contribution is 2.27. The van der Waals surface area contributed by atoms with Gasteiger partial charge < -0.3 is 10.1 Å². The van der Waals surface area contributed by atoms with Crippen LogP contribution in [0.5, 0.6) is 0 Å². The molecule has 0 saturated heterocycles. The van der Waals surface area contributed by atoms with Crippen molar-refractivity contribution in [1.82, 2.24) is 9.97 Å². The normalized spacial score (nSPS) is 21.1. The van der Waals surface area contributed by atoms with Gasteiger partial charge in [-0.1, -0.05) is 44.1 Å². The predicted octanol–water partition coefficient (Wildman–Crippen LogP) is 5.03. The van der Waals surface area contributed by atoms with Crippen molar-refractivity contribution in [2.75, 3.05) is 17.7 Å². The van der Waals surface area contributed by atoms with Crippen molar-refractivity contribution in [3.05, 3.63) is 11.2 Å². The Hall–Kier alpha value is -0.520. The van der Waals surface area contributed by atoms with Crippen LogP contribution in [0.4, 0.5) is 5.82 Å². The fourth-order valence-corrected chi connectivity index (χ4v) is 3.58. The Morgan fingerprint density at radius 1 is 1.39 bits per heavy atom. The van der Waals surface area contributed by atoms with E-state index < -0.39 is 0 Å². The van der Waals surface area contributed by atoms with Gasteiger partial charge in [-0.2, -0.15) is 0 Å². The molecule has 1 aliphatic rings. The van der Waals surface area contributed by atoms with Gasteiger partial charge in [0.05, 0.1) is 6.10 Å². The summed E-state index contributed by atoms with van der Waals surface area (Å²) < 4.78 is 5.98. The third-order valence-electron chi connectivity index (χ3n) is 3.89. The van der Waals surface area contributed by atoms with Gasteiger partial charge in [-0.05, 0) is 38.0 Å². The van der Waals surface area contributed by atoms with E-state index in [1.165, 1.54) is 0 Å². The van der Waals surface area contributed by atoms with E-state index in [1.54, 1.807) is 11.8 Å². The topological polar surface area (TPSA) is 47.0 Å². The number of thioether (sulfide) groups is 1. The van der Waals surface area contributed by atoms with Gasteiger partial charge in [0, 0.05) is 24.5 Å². The molecular formula is C17H28ClN3OS. The van der Waals surface area contributed by atoms with Gasteiger partial charge in [-0.15, -0.1) is 0 Å². The first-order valence-corrected chi connectivity index (χ1v) is 9.98. The van der Waals surface area contributed by atoms with E-state index in [0.29, 0.717) is 23.2 Å². The largest absolute Gasteiger partial charge is 0.378 e. The molecule has 1 heterocycles. The summed E-state index contributed by atoms with van der Waals surface area (Å²) in [4.78, 5) is 8.83. The highest BCUT2D eigenvalue weighted by atomic mass is 35.5. The summed E-state index contributed by atoms with van der Waals surface area (Å²) in [5, 5.41) is 4.76. The van der Waals surface area contributed by atoms with E-state index in [9.17, 15) is 0 Å². The van der Waals surface area contributed by atoms with Crippen LogP contribution < -0.4 is 5.32 Å². The molecule has 0 spiro atoms. The van der Waals surface area contributed by atoms with Crippen molar-refractivity contribution in [3.63, 3.8) is 0 Å². The second-order valence-corrected chi connectivity index (χ2v) is 7.99. The number of ether oxygens (including phenoxy) is 1. The van der Waals surface area contributed by atoms with E-state index in [0.717, 1.165) is 55.4 Å². The molecular weight excluding hydrogens is 330 g/mol. The summed E-state index contributed by atoms with van der Waals surface area (Å²) in [6, 6.07) is 2.22. The van der Waals surface area contributed by atoms with Gasteiger partial charge in [-0.3, -0.25) is 0 Å². The van der Waals surface area contributed by atoms with E-state index in [2.05, 4.69) is 36.1 Å². The van der Waals surface area contributed by atoms with Crippen molar-refractivity contribution >= 4 is 29.2 Å². The number of hydrogen-bond donors (Lipinski definition) is 1. The Labute approximate surface area is 149 Å². The van der Waals surface area contributed by atoms with E-state index >= 15 is 0 Å². The fraction of sp³-hybridized carbons (Fsp3) is 0.765. The molecule has 1 saturated carbocycles. The van der Waals surface area contributed by atoms with Crippen molar-refractivity contribution in [1.29, 1.82) is 0 Å². The zero-order valence-corrected chi connectivity index (χ0v) is 15.9. The third-order valence-corrected chi connectivity index (χ3v) is 5.14. The molecule has 2 unspecified atom stereocenters. The second-order valence-electron chi connectivity index (χ2n) is 6.54. The first-order valence-electron chi connectivity index (χ1n) is 8.62. The lowest BCUT2D eigenvalue weighted by atomic mass is 10.1. The number of anilines is 1. The van der Waals surface area contributed by atoms with Crippen LogP contribution in [0.3, 0.4) is 0 Å². The van der Waals surface area contributed by atoms with Crippen LogP contribution in [0.2, 0.25) is 5.15 Å². The predicted molar refractivity (Wildman–Crippen MR) is 98.5 cm³/mol. The number of rotatable bonds is 9. The zero-order valence-electron chi connectivity index (χ0n) is 14.3. The van der Waals surface area contributed by atoms with E-state index in [1.807, 2.05) is 6.07 Å². The van der Waals surface area contributed by atoms with Gasteiger partial charge >= 0.3 is 0 Å². The Morgan fingerprint density at radius 3 is 2.96 bits per heavy atom. The average Bonchev–Trinajstić information content (AvgIpc) is 2.91. The van der Waals surface area contributed by atoms with Crippen molar-refractivity contribution in [3.8, 4) is 0 Å². The van der Waals surface area contributed by atoms with Crippen molar-refractivity contribution in [2.45, 2.75) is 70.2 Å². The maximum atomic E-state index is 6.11. The minimum absolute atomic E-state index is 0.373. The van der Waals surface area contributed by atoms with Crippen LogP contribution in [0, 0.1) is 5.92 Å². The van der Waals surface area contributed by atoms with Crippen LogP contribution in [-0.4, -0.2) is 34.5 Å². The first kappa shape index (κ1) is 18.8. The Kier molecular flexibility index (Phi) is 7.93. The molecule has 23 heavy (non-hydrogen) atoms. The van der Waals surface area contributed by atoms with Gasteiger partial charge in [-0.25, -0.2) is 9.97 Å². The third kappa shape index (κ3) is 6.86. The highest BCUT2D eigenvalue weighted by molar-refractivity contribution is 7.99. The molecule has 6 heteroatoms. The summed E-state index contributed by atoms with van der Waals surface area (Å²) in [7, 11) is 0. The molecule has 0 amide bonds. The summed E-state index contributed by atoms with van der Waals surface area (Å²) in [6.45, 7) is 7.48. The van der Waals surface area contributed by atoms with Crippen molar-refractivity contribution in [2.24, 2.45) is 5.92 Å². The molecule has 1 aromatic rings. The van der Waals surface area contributed by atoms with E-state index in [4.69, 9.17) is 16.3 Å². The molecule has 1 aliphatic carbocycles. The lowest BCUT2D eigenvalue weighted by Gasteiger charge is -2.15. The van der Waals surface area contributed by atoms with Crippen LogP contribution in [0.1, 0.15) is 52.9 Å². The molecule has 2 atom stereocenters. The fourth-order valence-electron chi connectivity index (χ4n) is 2.63. The van der Waals surface area contributed by atoms with Crippen molar-refractivity contribution < 1.29 is 4.74 Å². The quantitative estimate of drug-likeness (QED) is 0.381. The highest BCUT2D eigenvalue weighted by Gasteiger charge is 2.25. The minimum atomic E-state index is 0.373. The molecule has 130 valence electrons. The number of nitrogens with one attached hydrogen (secondary N) is 1. The number of nitrogens with zero attached hydrogens (tertiary/aromatic N) is 2. The van der Waals surface area contributed by atoms with E-state index in [-0.39, 0.29) is 0 Å². The van der Waals surface area contributed by atoms with Gasteiger partial charge in [0.15, 0.2) is 5.16 Å². The molecule has 0 radical (unpaired) electrons. The zero-order chi connectivity index (χ0) is 16.7. The lowest BCUT2D eigenvalue weighted by Crippen LogP contribution is -2.19. The number of aromatic nitrogens is 2. The number of halogens is 1. The molecule has 0 bridgehead atoms. The Balaban J connectivity index is 1.82. The van der Waals surface area contributed by atoms with Crippen LogP contribution in [0.25, 0.3) is 0 Å². The summed E-state index contributed by atoms with van der Waals surface area (Å²) in [5.41, 5.74) is 0. The minimum Gasteiger partial charge on any atom is -0.378 e. The molecule has 1 aromatic heterocycles. The maximum Gasteiger partial charge on any atom is 0.190 e. The Morgan fingerprint density at radius 2 is 2.22 bits per heavy atom. The number of hydrogen-bond acceptors (Lipinski definition) is 5. The van der Waals surface area contributed by atoms with Crippen LogP contribution in [-0.2, 0) is 4.74 Å². The van der Waals surface area contributed by atoms with Crippen LogP contribution in [0.15, 0.2) is 11.2 Å². The monoisotopic (exact) mass is 357 g/mol. The van der Waals surface area contributed by atoms with Gasteiger partial charge in [0.1, 0.15) is 11.0 Å². The smallest absolute Gasteiger partial charge is 0.190 e. The van der Waals surface area contributed by atoms with Crippen LogP contribution >= 0.6 is 23.4 Å². The summed E-state index contributed by atoms with van der Waals surface area (Å²) in [6.07, 6.45) is 5.88. The molecule has 2 rings (SSSR count). The molecule has 0 aliphatic heterocycles. The average molecular weight is 358 g/mol. The molecule has 1 N–H and O–H groups in total. The SMILES string of the molecule is CCCSc1nc(Cl)cc(NC2CCC(OCCC(C)C)C2)n1. The first-order chi connectivity index (χ1) is 11.1. The molecule has 0 aromatic carbocycles. The summed E-state index contributed by atoms with van der Waals surface area (Å²) in [5.74, 6) is 2.54. The summed E-state index contributed by atoms with van der Waals surface area (Å²) >= 11 is 7.76. The van der Waals surface area contributed by atoms with Gasteiger partial charge in [0.25, 0.3) is 0 Å². The maximum absolute atomic E-state index is 6.11. The standard InChI is InChI=1S/C17H28ClN3OS/c1-4-9-23-17-20-15(18)11-16(21-17)19-13-5-6-14(10-13)22-8-7-12(2)3/h11-14H,4-10H2,1-3H3,(H,19,20,21). The second kappa shape index (κ2) is 9.70.